The molecule has 0 aliphatic carbocycles. The van der Waals surface area contributed by atoms with E-state index >= 15 is 0 Å². The lowest BCUT2D eigenvalue weighted by atomic mass is 10.3. The van der Waals surface area contributed by atoms with E-state index in [9.17, 15) is 13.6 Å². The number of aromatic nitrogens is 1. The number of benzene rings is 1. The molecule has 1 aromatic heterocycles. The average Bonchev–Trinajstić information content (AvgIpc) is 3.09. The Kier molecular flexibility index (Phi) is 5.56. The van der Waals surface area contributed by atoms with Gasteiger partial charge in [0.25, 0.3) is 5.91 Å². The van der Waals surface area contributed by atoms with Crippen molar-refractivity contribution in [3.05, 3.63) is 47.4 Å². The van der Waals surface area contributed by atoms with Gasteiger partial charge in [-0.25, -0.2) is 8.78 Å². The van der Waals surface area contributed by atoms with Crippen molar-refractivity contribution in [3.8, 4) is 5.75 Å². The van der Waals surface area contributed by atoms with Gasteiger partial charge in [-0.3, -0.25) is 4.79 Å². The molecule has 1 amide bonds. The highest BCUT2D eigenvalue weighted by Crippen LogP contribution is 2.22. The maximum Gasteiger partial charge on any atom is 0.273 e. The van der Waals surface area contributed by atoms with Crippen LogP contribution in [0.1, 0.15) is 16.2 Å². The molecule has 1 atom stereocenters. The van der Waals surface area contributed by atoms with E-state index in [1.807, 2.05) is 0 Å². The minimum Gasteiger partial charge on any atom is -0.479 e. The molecule has 134 valence electrons. The molecule has 1 aliphatic heterocycles. The molecule has 2 aromatic rings. The van der Waals surface area contributed by atoms with Crippen molar-refractivity contribution in [1.82, 2.24) is 10.5 Å². The molecule has 0 radical (unpaired) electrons. The molecular weight excluding hydrogens is 338 g/mol. The van der Waals surface area contributed by atoms with Crippen LogP contribution < -0.4 is 10.1 Å². The molecule has 0 saturated carbocycles. The number of nitrogens with one attached hydrogen (secondary N) is 1. The third kappa shape index (κ3) is 4.52. The number of amides is 1. The molecule has 7 nitrogen and oxygen atoms in total. The van der Waals surface area contributed by atoms with Gasteiger partial charge in [-0.2, -0.15) is 0 Å². The summed E-state index contributed by atoms with van der Waals surface area (Å²) < 4.78 is 47.6. The summed E-state index contributed by atoms with van der Waals surface area (Å²) in [6, 6.07) is 4.73. The molecule has 1 fully saturated rings. The number of halogens is 2. The minimum atomic E-state index is -0.827. The SMILES string of the molecule is O=C(NC[C@H]1COCCO1)c1cc(COc2c(F)cccc2F)on1. The number of carbonyl (C=O) groups is 1. The Morgan fingerprint density at radius 1 is 1.32 bits per heavy atom. The van der Waals surface area contributed by atoms with Crippen LogP contribution in [0.25, 0.3) is 0 Å². The number of hydrogen-bond acceptors (Lipinski definition) is 6. The van der Waals surface area contributed by atoms with Crippen LogP contribution in [0.5, 0.6) is 5.75 Å². The first kappa shape index (κ1) is 17.3. The number of ether oxygens (including phenoxy) is 3. The number of hydrogen-bond donors (Lipinski definition) is 1. The molecule has 2 heterocycles. The first-order valence-corrected chi connectivity index (χ1v) is 7.63. The monoisotopic (exact) mass is 354 g/mol. The summed E-state index contributed by atoms with van der Waals surface area (Å²) in [6.07, 6.45) is -0.212. The quantitative estimate of drug-likeness (QED) is 0.850. The van der Waals surface area contributed by atoms with Crippen LogP contribution in [-0.2, 0) is 16.1 Å². The van der Waals surface area contributed by atoms with Crippen LogP contribution in [0, 0.1) is 11.6 Å². The predicted octanol–water partition coefficient (Wildman–Crippen LogP) is 1.68. The molecule has 0 bridgehead atoms. The van der Waals surface area contributed by atoms with E-state index in [1.54, 1.807) is 0 Å². The fraction of sp³-hybridized carbons (Fsp3) is 0.375. The van der Waals surface area contributed by atoms with E-state index in [2.05, 4.69) is 10.5 Å². The third-order valence-electron chi connectivity index (χ3n) is 3.44. The summed E-state index contributed by atoms with van der Waals surface area (Å²) >= 11 is 0. The first-order chi connectivity index (χ1) is 12.1. The molecule has 25 heavy (non-hydrogen) atoms. The average molecular weight is 354 g/mol. The Morgan fingerprint density at radius 3 is 2.84 bits per heavy atom. The second-order valence-corrected chi connectivity index (χ2v) is 5.30. The van der Waals surface area contributed by atoms with Crippen LogP contribution in [0.2, 0.25) is 0 Å². The maximum atomic E-state index is 13.5. The van der Waals surface area contributed by atoms with Gasteiger partial charge in [0.1, 0.15) is 6.61 Å². The molecule has 1 saturated heterocycles. The Morgan fingerprint density at radius 2 is 2.12 bits per heavy atom. The molecular formula is C16H16F2N2O5. The van der Waals surface area contributed by atoms with Gasteiger partial charge < -0.3 is 24.1 Å². The van der Waals surface area contributed by atoms with E-state index < -0.39 is 23.3 Å². The molecule has 1 aromatic carbocycles. The van der Waals surface area contributed by atoms with Gasteiger partial charge in [-0.15, -0.1) is 0 Å². The molecule has 1 N–H and O–H groups in total. The van der Waals surface area contributed by atoms with Gasteiger partial charge in [0.2, 0.25) is 0 Å². The van der Waals surface area contributed by atoms with Gasteiger partial charge in [0.15, 0.2) is 28.8 Å². The Hall–Kier alpha value is -2.52. The number of rotatable bonds is 6. The highest BCUT2D eigenvalue weighted by molar-refractivity contribution is 5.92. The summed E-state index contributed by atoms with van der Waals surface area (Å²) in [5.74, 6) is -2.47. The second-order valence-electron chi connectivity index (χ2n) is 5.30. The van der Waals surface area contributed by atoms with Gasteiger partial charge >= 0.3 is 0 Å². The van der Waals surface area contributed by atoms with E-state index in [-0.39, 0.29) is 30.7 Å². The minimum absolute atomic E-state index is 0.0318. The summed E-state index contributed by atoms with van der Waals surface area (Å²) in [5, 5.41) is 6.26. The van der Waals surface area contributed by atoms with Crippen molar-refractivity contribution in [1.29, 1.82) is 0 Å². The Labute approximate surface area is 141 Å². The molecule has 0 spiro atoms. The van der Waals surface area contributed by atoms with Crippen LogP contribution in [0.3, 0.4) is 0 Å². The first-order valence-electron chi connectivity index (χ1n) is 7.63. The van der Waals surface area contributed by atoms with Crippen LogP contribution >= 0.6 is 0 Å². The molecule has 0 unspecified atom stereocenters. The third-order valence-corrected chi connectivity index (χ3v) is 3.44. The van der Waals surface area contributed by atoms with Crippen molar-refractivity contribution >= 4 is 5.91 Å². The maximum absolute atomic E-state index is 13.5. The lowest BCUT2D eigenvalue weighted by Crippen LogP contribution is -2.39. The number of nitrogens with zero attached hydrogens (tertiary/aromatic N) is 1. The van der Waals surface area contributed by atoms with Crippen LogP contribution in [-0.4, -0.2) is 43.5 Å². The zero-order chi connectivity index (χ0) is 17.6. The lowest BCUT2D eigenvalue weighted by molar-refractivity contribution is -0.0855. The van der Waals surface area contributed by atoms with Crippen molar-refractivity contribution in [2.45, 2.75) is 12.7 Å². The van der Waals surface area contributed by atoms with Crippen molar-refractivity contribution in [3.63, 3.8) is 0 Å². The van der Waals surface area contributed by atoms with E-state index in [4.69, 9.17) is 18.7 Å². The van der Waals surface area contributed by atoms with Gasteiger partial charge in [-0.1, -0.05) is 11.2 Å². The lowest BCUT2D eigenvalue weighted by Gasteiger charge is -2.22. The van der Waals surface area contributed by atoms with Crippen LogP contribution in [0.15, 0.2) is 28.8 Å². The van der Waals surface area contributed by atoms with Gasteiger partial charge in [-0.05, 0) is 12.1 Å². The van der Waals surface area contributed by atoms with E-state index in [1.165, 1.54) is 12.1 Å². The number of carbonyl (C=O) groups excluding carboxylic acids is 1. The number of para-hydroxylation sites is 1. The Bertz CT molecular complexity index is 711. The molecule has 3 rings (SSSR count). The van der Waals surface area contributed by atoms with Crippen molar-refractivity contribution < 1.29 is 32.3 Å². The highest BCUT2D eigenvalue weighted by atomic mass is 19.1. The summed E-state index contributed by atoms with van der Waals surface area (Å²) in [4.78, 5) is 12.0. The fourth-order valence-electron chi connectivity index (χ4n) is 2.20. The smallest absolute Gasteiger partial charge is 0.273 e. The summed E-state index contributed by atoms with van der Waals surface area (Å²) in [6.45, 7) is 1.44. The normalized spacial score (nSPS) is 17.3. The van der Waals surface area contributed by atoms with E-state index in [0.29, 0.717) is 19.8 Å². The second kappa shape index (κ2) is 8.04. The zero-order valence-electron chi connectivity index (χ0n) is 13.2. The summed E-state index contributed by atoms with van der Waals surface area (Å²) in [7, 11) is 0. The molecule has 9 heteroatoms. The van der Waals surface area contributed by atoms with Gasteiger partial charge in [0, 0.05) is 12.6 Å². The highest BCUT2D eigenvalue weighted by Gasteiger charge is 2.18. The predicted molar refractivity (Wildman–Crippen MR) is 80.1 cm³/mol. The summed E-state index contributed by atoms with van der Waals surface area (Å²) in [5.41, 5.74) is 0.0318. The Balaban J connectivity index is 1.52. The van der Waals surface area contributed by atoms with Crippen molar-refractivity contribution in [2.75, 3.05) is 26.4 Å². The fourth-order valence-corrected chi connectivity index (χ4v) is 2.20. The van der Waals surface area contributed by atoms with Gasteiger partial charge in [0.05, 0.1) is 25.9 Å². The van der Waals surface area contributed by atoms with E-state index in [0.717, 1.165) is 12.1 Å². The van der Waals surface area contributed by atoms with Crippen molar-refractivity contribution in [2.24, 2.45) is 0 Å². The molecule has 1 aliphatic rings. The standard InChI is InChI=1S/C16H16F2N2O5/c17-12-2-1-3-13(18)15(12)24-9-10-6-14(20-25-10)16(21)19-7-11-8-22-4-5-23-11/h1-3,6,11H,4-5,7-9H2,(H,19,21)/t11-/m0/s1. The van der Waals surface area contributed by atoms with Crippen LogP contribution in [0.4, 0.5) is 8.78 Å². The largest absolute Gasteiger partial charge is 0.479 e. The topological polar surface area (TPSA) is 82.8 Å². The zero-order valence-corrected chi connectivity index (χ0v) is 13.2.